The molecule has 0 aliphatic heterocycles. The van der Waals surface area contributed by atoms with Crippen molar-refractivity contribution in [3.05, 3.63) is 53.4 Å². The van der Waals surface area contributed by atoms with Gasteiger partial charge in [0.15, 0.2) is 14.0 Å². The molecule has 0 fully saturated rings. The Hall–Kier alpha value is -1.76. The standard InChI is InChI=1S/C22H31ClN4OSi/c1-15(2)29(16(3)4,17(5)6)28-14-20(18-10-8-7-9-11-18)27-22-19(12-25-27)24-13-21(23)26-22/h7-13,15-17,20H,14H2,1-6H3. The fourth-order valence-corrected chi connectivity index (χ4v) is 10.3. The highest BCUT2D eigenvalue weighted by Crippen LogP contribution is 2.43. The largest absolute Gasteiger partial charge is 0.413 e. The molecule has 1 unspecified atom stereocenters. The van der Waals surface area contributed by atoms with Crippen molar-refractivity contribution in [3.8, 4) is 0 Å². The van der Waals surface area contributed by atoms with Crippen LogP contribution in [0.1, 0.15) is 53.1 Å². The van der Waals surface area contributed by atoms with E-state index in [2.05, 4.69) is 68.7 Å². The predicted octanol–water partition coefficient (Wildman–Crippen LogP) is 6.26. The average molecular weight is 431 g/mol. The van der Waals surface area contributed by atoms with Crippen molar-refractivity contribution in [1.29, 1.82) is 0 Å². The Morgan fingerprint density at radius 3 is 2.17 bits per heavy atom. The van der Waals surface area contributed by atoms with Crippen molar-refractivity contribution in [2.45, 2.75) is 64.2 Å². The molecular weight excluding hydrogens is 400 g/mol. The second-order valence-electron chi connectivity index (χ2n) is 8.55. The maximum Gasteiger partial charge on any atom is 0.200 e. The van der Waals surface area contributed by atoms with Crippen LogP contribution >= 0.6 is 11.6 Å². The number of fused-ring (bicyclic) bond motifs is 1. The Labute approximate surface area is 179 Å². The number of benzene rings is 1. The van der Waals surface area contributed by atoms with Crippen LogP contribution in [0.2, 0.25) is 21.8 Å². The molecule has 156 valence electrons. The third-order valence-corrected chi connectivity index (χ3v) is 12.2. The molecule has 5 nitrogen and oxygen atoms in total. The molecule has 0 bridgehead atoms. The third-order valence-electron chi connectivity index (χ3n) is 5.95. The molecule has 1 aromatic carbocycles. The number of aromatic nitrogens is 4. The van der Waals surface area contributed by atoms with Crippen molar-refractivity contribution in [2.75, 3.05) is 6.61 Å². The third kappa shape index (κ3) is 4.25. The topological polar surface area (TPSA) is 52.8 Å². The smallest absolute Gasteiger partial charge is 0.200 e. The van der Waals surface area contributed by atoms with Gasteiger partial charge in [0.1, 0.15) is 16.7 Å². The minimum absolute atomic E-state index is 0.0930. The lowest BCUT2D eigenvalue weighted by Gasteiger charge is -2.43. The van der Waals surface area contributed by atoms with Gasteiger partial charge in [0, 0.05) is 0 Å². The van der Waals surface area contributed by atoms with Gasteiger partial charge in [0.25, 0.3) is 0 Å². The highest BCUT2D eigenvalue weighted by molar-refractivity contribution is 6.77. The van der Waals surface area contributed by atoms with Crippen LogP contribution in [0, 0.1) is 0 Å². The summed E-state index contributed by atoms with van der Waals surface area (Å²) < 4.78 is 8.84. The average Bonchev–Trinajstić information content (AvgIpc) is 3.08. The van der Waals surface area contributed by atoms with Gasteiger partial charge >= 0.3 is 0 Å². The van der Waals surface area contributed by atoms with E-state index in [0.717, 1.165) is 11.1 Å². The molecule has 0 spiro atoms. The van der Waals surface area contributed by atoms with Crippen molar-refractivity contribution < 1.29 is 4.43 Å². The van der Waals surface area contributed by atoms with Gasteiger partial charge in [-0.1, -0.05) is 83.5 Å². The van der Waals surface area contributed by atoms with Gasteiger partial charge in [0.05, 0.1) is 19.0 Å². The molecule has 0 aliphatic carbocycles. The fraction of sp³-hybridized carbons (Fsp3) is 0.500. The maximum absolute atomic E-state index is 6.93. The number of nitrogens with zero attached hydrogens (tertiary/aromatic N) is 4. The lowest BCUT2D eigenvalue weighted by molar-refractivity contribution is 0.235. The Morgan fingerprint density at radius 2 is 1.59 bits per heavy atom. The normalized spacial score (nSPS) is 13.7. The Balaban J connectivity index is 2.04. The molecule has 29 heavy (non-hydrogen) atoms. The van der Waals surface area contributed by atoms with E-state index in [0.29, 0.717) is 34.0 Å². The number of halogens is 1. The zero-order chi connectivity index (χ0) is 21.2. The Bertz CT molecular complexity index is 921. The minimum atomic E-state index is -2.02. The number of rotatable bonds is 8. The second kappa shape index (κ2) is 8.94. The molecule has 1 atom stereocenters. The Morgan fingerprint density at radius 1 is 0.966 bits per heavy atom. The zero-order valence-corrected chi connectivity index (χ0v) is 19.9. The van der Waals surface area contributed by atoms with E-state index in [1.54, 1.807) is 12.4 Å². The lowest BCUT2D eigenvalue weighted by atomic mass is 10.1. The summed E-state index contributed by atoms with van der Waals surface area (Å²) in [5.74, 6) is 0. The Kier molecular flexibility index (Phi) is 6.76. The van der Waals surface area contributed by atoms with Crippen LogP contribution in [-0.4, -0.2) is 34.7 Å². The highest BCUT2D eigenvalue weighted by Gasteiger charge is 2.45. The van der Waals surface area contributed by atoms with Gasteiger partial charge in [-0.2, -0.15) is 5.10 Å². The van der Waals surface area contributed by atoms with E-state index in [1.807, 2.05) is 22.9 Å². The molecule has 0 radical (unpaired) electrons. The first-order valence-electron chi connectivity index (χ1n) is 10.3. The summed E-state index contributed by atoms with van der Waals surface area (Å²) in [6.45, 7) is 14.4. The van der Waals surface area contributed by atoms with E-state index in [9.17, 15) is 0 Å². The lowest BCUT2D eigenvalue weighted by Crippen LogP contribution is -2.48. The van der Waals surface area contributed by atoms with Crippen LogP contribution in [0.4, 0.5) is 0 Å². The van der Waals surface area contributed by atoms with E-state index < -0.39 is 8.32 Å². The quantitative estimate of drug-likeness (QED) is 0.395. The molecule has 0 aliphatic rings. The molecule has 2 aromatic heterocycles. The van der Waals surface area contributed by atoms with Crippen LogP contribution in [0.15, 0.2) is 42.7 Å². The summed E-state index contributed by atoms with van der Waals surface area (Å²) in [6.07, 6.45) is 3.30. The molecule has 0 N–H and O–H groups in total. The first-order chi connectivity index (χ1) is 13.8. The van der Waals surface area contributed by atoms with E-state index in [1.165, 1.54) is 0 Å². The molecule has 2 heterocycles. The predicted molar refractivity (Wildman–Crippen MR) is 122 cm³/mol. The maximum atomic E-state index is 6.93. The zero-order valence-electron chi connectivity index (χ0n) is 18.1. The molecule has 0 saturated heterocycles. The van der Waals surface area contributed by atoms with Crippen molar-refractivity contribution in [3.63, 3.8) is 0 Å². The summed E-state index contributed by atoms with van der Waals surface area (Å²) in [7, 11) is -2.02. The summed E-state index contributed by atoms with van der Waals surface area (Å²) >= 11 is 6.13. The van der Waals surface area contributed by atoms with E-state index in [4.69, 9.17) is 16.0 Å². The van der Waals surface area contributed by atoms with Gasteiger partial charge in [-0.05, 0) is 22.2 Å². The number of hydrogen-bond donors (Lipinski definition) is 0. The van der Waals surface area contributed by atoms with Crippen LogP contribution in [0.5, 0.6) is 0 Å². The van der Waals surface area contributed by atoms with Gasteiger partial charge in [-0.3, -0.25) is 0 Å². The second-order valence-corrected chi connectivity index (χ2v) is 14.4. The molecular formula is C22H31ClN4OSi. The van der Waals surface area contributed by atoms with Gasteiger partial charge < -0.3 is 4.43 Å². The van der Waals surface area contributed by atoms with E-state index in [-0.39, 0.29) is 6.04 Å². The molecule has 7 heteroatoms. The van der Waals surface area contributed by atoms with Crippen LogP contribution in [-0.2, 0) is 4.43 Å². The highest BCUT2D eigenvalue weighted by atomic mass is 35.5. The van der Waals surface area contributed by atoms with Gasteiger partial charge in [-0.15, -0.1) is 0 Å². The fourth-order valence-electron chi connectivity index (χ4n) is 4.73. The first kappa shape index (κ1) is 21.9. The molecule has 3 aromatic rings. The van der Waals surface area contributed by atoms with Crippen molar-refractivity contribution >= 4 is 31.1 Å². The summed E-state index contributed by atoms with van der Waals surface area (Å²) in [5.41, 5.74) is 4.10. The van der Waals surface area contributed by atoms with Gasteiger partial charge in [0.2, 0.25) is 0 Å². The summed E-state index contributed by atoms with van der Waals surface area (Å²) in [5, 5.41) is 4.98. The summed E-state index contributed by atoms with van der Waals surface area (Å²) in [6, 6.07) is 10.3. The van der Waals surface area contributed by atoms with Gasteiger partial charge in [-0.25, -0.2) is 14.6 Å². The SMILES string of the molecule is CC(C)[Si](OCC(c1ccccc1)n1ncc2ncc(Cl)nc21)(C(C)C)C(C)C. The van der Waals surface area contributed by atoms with E-state index >= 15 is 0 Å². The minimum Gasteiger partial charge on any atom is -0.413 e. The number of hydrogen-bond acceptors (Lipinski definition) is 4. The summed E-state index contributed by atoms with van der Waals surface area (Å²) in [4.78, 5) is 8.85. The van der Waals surface area contributed by atoms with Crippen molar-refractivity contribution in [2.24, 2.45) is 0 Å². The molecule has 0 amide bonds. The van der Waals surface area contributed by atoms with Crippen LogP contribution in [0.3, 0.4) is 0 Å². The van der Waals surface area contributed by atoms with Crippen LogP contribution in [0.25, 0.3) is 11.2 Å². The first-order valence-corrected chi connectivity index (χ1v) is 12.8. The molecule has 0 saturated carbocycles. The monoisotopic (exact) mass is 430 g/mol. The molecule has 3 rings (SSSR count). The van der Waals surface area contributed by atoms with Crippen molar-refractivity contribution in [1.82, 2.24) is 19.7 Å². The van der Waals surface area contributed by atoms with Crippen LogP contribution < -0.4 is 0 Å².